The molecule has 1 N–H and O–H groups in total. The molecule has 8 rings (SSSR count). The summed E-state index contributed by atoms with van der Waals surface area (Å²) in [5, 5.41) is 6.62. The van der Waals surface area contributed by atoms with Crippen LogP contribution in [0, 0.1) is 11.8 Å². The highest BCUT2D eigenvalue weighted by Gasteiger charge is 2.35. The van der Waals surface area contributed by atoms with Crippen LogP contribution < -0.4 is 5.32 Å². The van der Waals surface area contributed by atoms with Gasteiger partial charge in [-0.3, -0.25) is 4.79 Å². The third-order valence-electron chi connectivity index (χ3n) is 10.3. The van der Waals surface area contributed by atoms with Gasteiger partial charge < -0.3 is 23.9 Å². The van der Waals surface area contributed by atoms with Crippen LogP contribution in [0.1, 0.15) is 74.4 Å². The van der Waals surface area contributed by atoms with E-state index in [-0.39, 0.29) is 56.0 Å². The van der Waals surface area contributed by atoms with Crippen molar-refractivity contribution < 1.29 is 48.7 Å². The average molecular weight is 872 g/mol. The molecular weight excluding hydrogens is 830 g/mol. The van der Waals surface area contributed by atoms with Gasteiger partial charge in [0.15, 0.2) is 11.6 Å². The Morgan fingerprint density at radius 1 is 0.776 bits per heavy atom. The van der Waals surface area contributed by atoms with Gasteiger partial charge in [0, 0.05) is 70.1 Å². The summed E-state index contributed by atoms with van der Waals surface area (Å²) in [5.74, 6) is -7.11. The summed E-state index contributed by atoms with van der Waals surface area (Å²) in [6.07, 6.45) is 7.24. The highest BCUT2D eigenvalue weighted by molar-refractivity contribution is 8.13. The summed E-state index contributed by atoms with van der Waals surface area (Å²) < 4.78 is 120. The van der Waals surface area contributed by atoms with Crippen LogP contribution in [0.2, 0.25) is 0 Å². The number of nitrogens with zero attached hydrogens (tertiary/aromatic N) is 6. The Hall–Kier alpha value is -4.11. The van der Waals surface area contributed by atoms with E-state index < -0.39 is 36.7 Å². The van der Waals surface area contributed by atoms with Crippen molar-refractivity contribution in [2.24, 2.45) is 11.8 Å². The molecule has 2 saturated heterocycles. The molecule has 0 bridgehead atoms. The molecule has 2 aliphatic heterocycles. The summed E-state index contributed by atoms with van der Waals surface area (Å²) in [5.41, 5.74) is 1.39. The van der Waals surface area contributed by atoms with Gasteiger partial charge in [-0.25, -0.2) is 18.4 Å². The molecule has 1 aliphatic carbocycles. The minimum absolute atomic E-state index is 0.122. The molecule has 314 valence electrons. The van der Waals surface area contributed by atoms with E-state index in [0.29, 0.717) is 54.6 Å². The van der Waals surface area contributed by atoms with Crippen LogP contribution in [0.5, 0.6) is 0 Å². The van der Waals surface area contributed by atoms with Crippen LogP contribution >= 0.6 is 10.7 Å². The van der Waals surface area contributed by atoms with E-state index in [1.807, 2.05) is 0 Å². The Labute approximate surface area is 336 Å². The number of imidazole rings is 2. The maximum Gasteiger partial charge on any atom is 0.302 e. The van der Waals surface area contributed by atoms with Crippen LogP contribution in [0.25, 0.3) is 22.1 Å². The van der Waals surface area contributed by atoms with Gasteiger partial charge in [0.1, 0.15) is 0 Å². The Morgan fingerprint density at radius 2 is 1.24 bits per heavy atom. The van der Waals surface area contributed by atoms with Crippen LogP contribution in [-0.4, -0.2) is 83.5 Å². The number of alkyl halides is 4. The number of rotatable bonds is 11. The molecule has 0 atom stereocenters. The van der Waals surface area contributed by atoms with Gasteiger partial charge in [-0.05, 0) is 86.8 Å². The molecule has 3 aliphatic rings. The number of carbonyl (C=O) groups excluding carboxylic acids is 1. The standard InChI is InChI=1S/C22H25F2N5O4S.C15H17ClF2N2O3S/c1-22(23,24)21-27-18-10-17(4-5-19(18)28(21)12-14-6-8-33-9-7-14)34(31,32)29-13-15(11-25-29)20(30)26-16-2-3-16;1-15(17,18)14-19-12-8-11(24(16,21)22)2-3-13(12)20(14)9-10-4-6-23-7-5-10/h4-5,10-11,13-14,16H,2-3,6-9,12H2,1H3,(H,26,30);2-3,8,10H,4-7,9H2,1H3. The van der Waals surface area contributed by atoms with E-state index in [2.05, 4.69) is 20.4 Å². The minimum atomic E-state index is -4.15. The SMILES string of the molecule is CC(F)(F)c1nc2cc(S(=O)(=O)Cl)ccc2n1CC1CCOCC1.CC(F)(F)c1nc2cc(S(=O)(=O)n3cc(C(=O)NC4CC4)cn3)ccc2n1CC1CCOCC1. The number of fused-ring (bicyclic) bond motifs is 2. The smallest absolute Gasteiger partial charge is 0.302 e. The molecule has 0 unspecified atom stereocenters. The van der Waals surface area contributed by atoms with E-state index in [1.165, 1.54) is 51.7 Å². The fourth-order valence-electron chi connectivity index (χ4n) is 7.10. The largest absolute Gasteiger partial charge is 0.381 e. The molecule has 58 heavy (non-hydrogen) atoms. The number of hydrogen-bond donors (Lipinski definition) is 1. The molecule has 0 radical (unpaired) electrons. The second kappa shape index (κ2) is 16.2. The van der Waals surface area contributed by atoms with Crippen molar-refractivity contribution in [3.8, 4) is 0 Å². The Morgan fingerprint density at radius 3 is 1.69 bits per heavy atom. The molecule has 1 amide bonds. The fourth-order valence-corrected chi connectivity index (χ4v) is 9.01. The maximum atomic E-state index is 14.4. The van der Waals surface area contributed by atoms with Crippen molar-refractivity contribution in [2.45, 2.75) is 93.1 Å². The van der Waals surface area contributed by atoms with Gasteiger partial charge in [0.2, 0.25) is 0 Å². The third-order valence-corrected chi connectivity index (χ3v) is 13.2. The average Bonchev–Trinajstić information content (AvgIpc) is 3.52. The van der Waals surface area contributed by atoms with Crippen LogP contribution in [0.3, 0.4) is 0 Å². The van der Waals surface area contributed by atoms with Gasteiger partial charge in [-0.1, -0.05) is 0 Å². The topological polar surface area (TPSA) is 169 Å². The Balaban J connectivity index is 0.000000188. The maximum absolute atomic E-state index is 14.4. The van der Waals surface area contributed by atoms with Gasteiger partial charge in [-0.15, -0.1) is 0 Å². The lowest BCUT2D eigenvalue weighted by atomic mass is 10.00. The molecule has 5 aromatic rings. The number of hydrogen-bond acceptors (Lipinski definition) is 10. The quantitative estimate of drug-likeness (QED) is 0.116. The number of amides is 1. The van der Waals surface area contributed by atoms with Crippen molar-refractivity contribution in [1.29, 1.82) is 0 Å². The molecule has 14 nitrogen and oxygen atoms in total. The van der Waals surface area contributed by atoms with E-state index >= 15 is 0 Å². The highest BCUT2D eigenvalue weighted by Crippen LogP contribution is 2.35. The first-order valence-electron chi connectivity index (χ1n) is 18.8. The zero-order valence-electron chi connectivity index (χ0n) is 31.6. The fraction of sp³-hybridized carbons (Fsp3) is 0.514. The summed E-state index contributed by atoms with van der Waals surface area (Å²) in [7, 11) is -2.76. The highest BCUT2D eigenvalue weighted by atomic mass is 35.7. The number of halogens is 5. The zero-order chi connectivity index (χ0) is 41.6. The Kier molecular flexibility index (Phi) is 11.7. The van der Waals surface area contributed by atoms with Crippen LogP contribution in [0.4, 0.5) is 17.6 Å². The predicted octanol–water partition coefficient (Wildman–Crippen LogP) is 6.40. The lowest BCUT2D eigenvalue weighted by Gasteiger charge is -2.24. The van der Waals surface area contributed by atoms with Crippen molar-refractivity contribution in [3.63, 3.8) is 0 Å². The van der Waals surface area contributed by atoms with Crippen LogP contribution in [-0.2, 0) is 53.5 Å². The van der Waals surface area contributed by atoms with Crippen molar-refractivity contribution >= 4 is 57.7 Å². The molecule has 5 heterocycles. The van der Waals surface area contributed by atoms with Gasteiger partial charge in [0.25, 0.3) is 25.0 Å². The first-order chi connectivity index (χ1) is 27.3. The number of nitrogens with one attached hydrogen (secondary N) is 1. The van der Waals surface area contributed by atoms with E-state index in [1.54, 1.807) is 0 Å². The molecule has 2 aromatic carbocycles. The molecule has 3 fully saturated rings. The van der Waals surface area contributed by atoms with Crippen LogP contribution in [0.15, 0.2) is 58.6 Å². The van der Waals surface area contributed by atoms with Crippen molar-refractivity contribution in [1.82, 2.24) is 33.6 Å². The van der Waals surface area contributed by atoms with Gasteiger partial charge in [-0.2, -0.15) is 35.2 Å². The summed E-state index contributed by atoms with van der Waals surface area (Å²) >= 11 is 0. The molecule has 21 heteroatoms. The summed E-state index contributed by atoms with van der Waals surface area (Å²) in [6.45, 7) is 4.71. The first-order valence-corrected chi connectivity index (χ1v) is 22.5. The van der Waals surface area contributed by atoms with Crippen molar-refractivity contribution in [3.05, 3.63) is 66.0 Å². The number of ether oxygens (including phenoxy) is 2. The van der Waals surface area contributed by atoms with E-state index in [9.17, 15) is 39.2 Å². The second-order valence-corrected chi connectivity index (χ2v) is 19.4. The second-order valence-electron chi connectivity index (χ2n) is 15.1. The van der Waals surface area contributed by atoms with Gasteiger partial charge in [0.05, 0.1) is 49.8 Å². The van der Waals surface area contributed by atoms with Gasteiger partial charge >= 0.3 is 11.8 Å². The minimum Gasteiger partial charge on any atom is -0.381 e. The molecule has 0 spiro atoms. The first kappa shape index (κ1) is 42.0. The summed E-state index contributed by atoms with van der Waals surface area (Å²) in [4.78, 5) is 20.0. The predicted molar refractivity (Wildman–Crippen MR) is 204 cm³/mol. The number of benzene rings is 2. The molecular formula is C37H42ClF4N7O7S2. The third kappa shape index (κ3) is 9.35. The van der Waals surface area contributed by atoms with E-state index in [0.717, 1.165) is 58.6 Å². The number of aromatic nitrogens is 6. The van der Waals surface area contributed by atoms with Crippen molar-refractivity contribution in [2.75, 3.05) is 26.4 Å². The monoisotopic (exact) mass is 871 g/mol. The van der Waals surface area contributed by atoms with E-state index in [4.69, 9.17) is 20.2 Å². The normalized spacial score (nSPS) is 17.7. The Bertz CT molecular complexity index is 2530. The number of carbonyl (C=O) groups is 1. The summed E-state index contributed by atoms with van der Waals surface area (Å²) in [6, 6.07) is 8.25. The molecule has 3 aromatic heterocycles. The lowest BCUT2D eigenvalue weighted by molar-refractivity contribution is 0.00156. The lowest BCUT2D eigenvalue weighted by Crippen LogP contribution is -2.25. The zero-order valence-corrected chi connectivity index (χ0v) is 34.0. The molecule has 1 saturated carbocycles.